The quantitative estimate of drug-likeness (QED) is 0.439. The van der Waals surface area contributed by atoms with Crippen LogP contribution < -0.4 is 5.32 Å². The second-order valence-electron chi connectivity index (χ2n) is 5.91. The van der Waals surface area contributed by atoms with Crippen LogP contribution in [0.2, 0.25) is 5.02 Å². The molecule has 0 atom stereocenters. The van der Waals surface area contributed by atoms with Crippen LogP contribution in [0.15, 0.2) is 83.8 Å². The Kier molecular flexibility index (Phi) is 6.69. The van der Waals surface area contributed by atoms with Gasteiger partial charge in [-0.25, -0.2) is 0 Å². The Morgan fingerprint density at radius 1 is 0.852 bits per heavy atom. The van der Waals surface area contributed by atoms with Gasteiger partial charge in [0.15, 0.2) is 5.78 Å². The van der Waals surface area contributed by atoms with Crippen LogP contribution in [-0.2, 0) is 6.54 Å². The Labute approximate surface area is 167 Å². The summed E-state index contributed by atoms with van der Waals surface area (Å²) in [6.45, 7) is 0.430. The molecule has 3 aromatic carbocycles. The molecule has 3 aromatic rings. The number of halogens is 1. The van der Waals surface area contributed by atoms with Gasteiger partial charge in [-0.2, -0.15) is 0 Å². The molecule has 27 heavy (non-hydrogen) atoms. The number of benzene rings is 3. The molecule has 0 saturated carbocycles. The maximum atomic E-state index is 12.4. The highest BCUT2D eigenvalue weighted by Gasteiger charge is 2.09. The molecule has 0 saturated heterocycles. The lowest BCUT2D eigenvalue weighted by Gasteiger charge is -2.07. The van der Waals surface area contributed by atoms with E-state index in [0.29, 0.717) is 28.4 Å². The number of carbonyl (C=O) groups is 2. The van der Waals surface area contributed by atoms with E-state index in [9.17, 15) is 9.59 Å². The minimum Gasteiger partial charge on any atom is -0.348 e. The molecule has 0 heterocycles. The fourth-order valence-electron chi connectivity index (χ4n) is 2.47. The van der Waals surface area contributed by atoms with Crippen molar-refractivity contribution in [1.82, 2.24) is 5.32 Å². The van der Waals surface area contributed by atoms with E-state index in [0.717, 1.165) is 10.5 Å². The fraction of sp³-hybridized carbons (Fsp3) is 0.0909. The maximum Gasteiger partial charge on any atom is 0.251 e. The molecule has 0 aromatic heterocycles. The van der Waals surface area contributed by atoms with Crippen molar-refractivity contribution in [1.29, 1.82) is 0 Å². The van der Waals surface area contributed by atoms with Crippen molar-refractivity contribution >= 4 is 35.1 Å². The summed E-state index contributed by atoms with van der Waals surface area (Å²) in [6, 6.07) is 23.9. The van der Waals surface area contributed by atoms with E-state index in [-0.39, 0.29) is 11.7 Å². The topological polar surface area (TPSA) is 46.2 Å². The van der Waals surface area contributed by atoms with Gasteiger partial charge in [0.1, 0.15) is 0 Å². The molecule has 0 unspecified atom stereocenters. The van der Waals surface area contributed by atoms with Gasteiger partial charge in [0.05, 0.1) is 5.75 Å². The number of thioether (sulfide) groups is 1. The van der Waals surface area contributed by atoms with Crippen molar-refractivity contribution in [2.75, 3.05) is 5.75 Å². The van der Waals surface area contributed by atoms with E-state index in [1.807, 2.05) is 54.6 Å². The lowest BCUT2D eigenvalue weighted by Crippen LogP contribution is -2.22. The molecule has 5 heteroatoms. The van der Waals surface area contributed by atoms with E-state index in [2.05, 4.69) is 5.32 Å². The van der Waals surface area contributed by atoms with Gasteiger partial charge in [-0.1, -0.05) is 60.1 Å². The standard InChI is InChI=1S/C22H18ClNO2S/c23-19-11-9-16(10-12-19)14-24-22(26)18-7-4-8-20(13-18)27-15-21(25)17-5-2-1-3-6-17/h1-13H,14-15H2,(H,24,26). The van der Waals surface area contributed by atoms with Crippen molar-refractivity contribution in [2.24, 2.45) is 0 Å². The summed E-state index contributed by atoms with van der Waals surface area (Å²) in [5.41, 5.74) is 2.25. The molecule has 0 aliphatic rings. The van der Waals surface area contributed by atoms with Gasteiger partial charge in [0.2, 0.25) is 0 Å². The summed E-state index contributed by atoms with van der Waals surface area (Å²) in [7, 11) is 0. The summed E-state index contributed by atoms with van der Waals surface area (Å²) < 4.78 is 0. The smallest absolute Gasteiger partial charge is 0.251 e. The van der Waals surface area contributed by atoms with Crippen molar-refractivity contribution in [2.45, 2.75) is 11.4 Å². The molecular weight excluding hydrogens is 378 g/mol. The van der Waals surface area contributed by atoms with E-state index in [1.165, 1.54) is 11.8 Å². The van der Waals surface area contributed by atoms with Gasteiger partial charge < -0.3 is 5.32 Å². The minimum atomic E-state index is -0.151. The predicted octanol–water partition coefficient (Wildman–Crippen LogP) is 5.25. The van der Waals surface area contributed by atoms with Gasteiger partial charge >= 0.3 is 0 Å². The first-order chi connectivity index (χ1) is 13.1. The van der Waals surface area contributed by atoms with Crippen LogP contribution in [0.5, 0.6) is 0 Å². The van der Waals surface area contributed by atoms with Gasteiger partial charge in [0.25, 0.3) is 5.91 Å². The van der Waals surface area contributed by atoms with Crippen molar-refractivity contribution in [3.63, 3.8) is 0 Å². The van der Waals surface area contributed by atoms with Crippen LogP contribution in [-0.4, -0.2) is 17.4 Å². The van der Waals surface area contributed by atoms with Crippen LogP contribution in [0.3, 0.4) is 0 Å². The van der Waals surface area contributed by atoms with E-state index in [1.54, 1.807) is 24.3 Å². The third kappa shape index (κ3) is 5.71. The van der Waals surface area contributed by atoms with E-state index >= 15 is 0 Å². The normalized spacial score (nSPS) is 10.4. The van der Waals surface area contributed by atoms with E-state index in [4.69, 9.17) is 11.6 Å². The number of ketones is 1. The molecule has 0 spiro atoms. The summed E-state index contributed by atoms with van der Waals surface area (Å²) in [5, 5.41) is 3.56. The number of hydrogen-bond acceptors (Lipinski definition) is 3. The first kappa shape index (κ1) is 19.2. The number of Topliss-reactive ketones (excluding diaryl/α,β-unsaturated/α-hetero) is 1. The predicted molar refractivity (Wildman–Crippen MR) is 111 cm³/mol. The molecule has 0 bridgehead atoms. The molecule has 136 valence electrons. The lowest BCUT2D eigenvalue weighted by molar-refractivity contribution is 0.0950. The van der Waals surface area contributed by atoms with Crippen molar-refractivity contribution in [3.8, 4) is 0 Å². The summed E-state index contributed by atoms with van der Waals surface area (Å²) in [6.07, 6.45) is 0. The molecule has 1 N–H and O–H groups in total. The van der Waals surface area contributed by atoms with Crippen LogP contribution in [0, 0.1) is 0 Å². The molecule has 0 fully saturated rings. The second-order valence-corrected chi connectivity index (χ2v) is 7.40. The zero-order valence-corrected chi connectivity index (χ0v) is 16.1. The monoisotopic (exact) mass is 395 g/mol. The first-order valence-electron chi connectivity index (χ1n) is 8.45. The highest BCUT2D eigenvalue weighted by molar-refractivity contribution is 8.00. The van der Waals surface area contributed by atoms with Crippen molar-refractivity contribution in [3.05, 3.63) is 101 Å². The first-order valence-corrected chi connectivity index (χ1v) is 9.82. The summed E-state index contributed by atoms with van der Waals surface area (Å²) >= 11 is 7.29. The lowest BCUT2D eigenvalue weighted by atomic mass is 10.2. The molecule has 3 nitrogen and oxygen atoms in total. The Hall–Kier alpha value is -2.56. The average Bonchev–Trinajstić information content (AvgIpc) is 2.72. The van der Waals surface area contributed by atoms with Gasteiger partial charge in [0, 0.05) is 27.6 Å². The van der Waals surface area contributed by atoms with E-state index < -0.39 is 0 Å². The van der Waals surface area contributed by atoms with Crippen LogP contribution in [0.4, 0.5) is 0 Å². The van der Waals surface area contributed by atoms with Gasteiger partial charge in [-0.15, -0.1) is 11.8 Å². The molecule has 0 radical (unpaired) electrons. The molecule has 0 aliphatic heterocycles. The zero-order valence-electron chi connectivity index (χ0n) is 14.5. The van der Waals surface area contributed by atoms with Crippen molar-refractivity contribution < 1.29 is 9.59 Å². The number of carbonyl (C=O) groups excluding carboxylic acids is 2. The number of nitrogens with one attached hydrogen (secondary N) is 1. The average molecular weight is 396 g/mol. The Morgan fingerprint density at radius 3 is 2.30 bits per heavy atom. The molecule has 0 aliphatic carbocycles. The van der Waals surface area contributed by atoms with Crippen LogP contribution >= 0.6 is 23.4 Å². The number of hydrogen-bond donors (Lipinski definition) is 1. The molecule has 1 amide bonds. The Morgan fingerprint density at radius 2 is 1.56 bits per heavy atom. The highest BCUT2D eigenvalue weighted by atomic mass is 35.5. The largest absolute Gasteiger partial charge is 0.348 e. The van der Waals surface area contributed by atoms with Crippen LogP contribution in [0.1, 0.15) is 26.3 Å². The van der Waals surface area contributed by atoms with Gasteiger partial charge in [-0.3, -0.25) is 9.59 Å². The van der Waals surface area contributed by atoms with Gasteiger partial charge in [-0.05, 0) is 35.9 Å². The van der Waals surface area contributed by atoms with Crippen LogP contribution in [0.25, 0.3) is 0 Å². The SMILES string of the molecule is O=C(CSc1cccc(C(=O)NCc2ccc(Cl)cc2)c1)c1ccccc1. The highest BCUT2D eigenvalue weighted by Crippen LogP contribution is 2.20. The Bertz CT molecular complexity index is 927. The second kappa shape index (κ2) is 9.40. The third-order valence-electron chi connectivity index (χ3n) is 3.93. The Balaban J connectivity index is 1.57. The summed E-state index contributed by atoms with van der Waals surface area (Å²) in [5.74, 6) is 0.250. The fourth-order valence-corrected chi connectivity index (χ4v) is 3.45. The summed E-state index contributed by atoms with van der Waals surface area (Å²) in [4.78, 5) is 25.5. The number of amides is 1. The number of rotatable bonds is 7. The third-order valence-corrected chi connectivity index (χ3v) is 5.17. The molecule has 3 rings (SSSR count). The zero-order chi connectivity index (χ0) is 19.1. The maximum absolute atomic E-state index is 12.4. The molecular formula is C22H18ClNO2S. The minimum absolute atomic E-state index is 0.0678.